The average molecular weight is 405 g/mol. The molecule has 0 atom stereocenters. The van der Waals surface area contributed by atoms with Crippen molar-refractivity contribution in [2.45, 2.75) is 122 Å². The Labute approximate surface area is 214 Å². The van der Waals surface area contributed by atoms with E-state index >= 15 is 0 Å². The Hall–Kier alpha value is 0.940. The molecule has 0 aliphatic heterocycles. The fourth-order valence-corrected chi connectivity index (χ4v) is 3.20. The summed E-state index contributed by atoms with van der Waals surface area (Å²) in [5.74, 6) is -1.34. The van der Waals surface area contributed by atoms with Gasteiger partial charge in [-0.1, -0.05) is 96.3 Å². The van der Waals surface area contributed by atoms with Crippen molar-refractivity contribution in [1.82, 2.24) is 0 Å². The summed E-state index contributed by atoms with van der Waals surface area (Å²) >= 11 is 0. The average Bonchev–Trinajstić information content (AvgIpc) is 2.56. The molecule has 0 aromatic heterocycles. The van der Waals surface area contributed by atoms with Crippen molar-refractivity contribution >= 4 is 11.9 Å². The van der Waals surface area contributed by atoms with Gasteiger partial charge >= 0.3 is 71.1 Å². The van der Waals surface area contributed by atoms with E-state index in [1.807, 2.05) is 0 Å². The van der Waals surface area contributed by atoms with Gasteiger partial charge in [0.1, 0.15) is 0 Å². The molecule has 0 amide bonds. The predicted molar refractivity (Wildman–Crippen MR) is 105 cm³/mol. The van der Waals surface area contributed by atoms with Crippen LogP contribution in [0.1, 0.15) is 125 Å². The number of carboxylic acids is 2. The summed E-state index contributed by atoms with van der Waals surface area (Å²) in [5, 5.41) is 17.1. The molecule has 152 valence electrons. The third-order valence-electron chi connectivity index (χ3n) is 4.78. The molecule has 0 unspecified atom stereocenters. The van der Waals surface area contributed by atoms with E-state index in [2.05, 4.69) is 0 Å². The van der Waals surface area contributed by atoms with Gasteiger partial charge in [-0.15, -0.1) is 0 Å². The number of unbranched alkanes of at least 4 members (excludes halogenated alkanes) is 16. The number of carbonyl (C=O) groups is 2. The Morgan fingerprint density at radius 2 is 0.556 bits per heavy atom. The fourth-order valence-electron chi connectivity index (χ4n) is 3.20. The van der Waals surface area contributed by atoms with E-state index in [1.165, 1.54) is 83.5 Å². The summed E-state index contributed by atoms with van der Waals surface area (Å²) in [7, 11) is 0. The van der Waals surface area contributed by atoms with E-state index in [0.29, 0.717) is 12.8 Å². The van der Waals surface area contributed by atoms with Crippen LogP contribution in [0.2, 0.25) is 0 Å². The molecule has 0 aromatic carbocycles. The maximum absolute atomic E-state index is 10.4. The van der Waals surface area contributed by atoms with Crippen LogP contribution < -0.4 is 59.1 Å². The van der Waals surface area contributed by atoms with Gasteiger partial charge in [0.2, 0.25) is 0 Å². The van der Waals surface area contributed by atoms with Crippen LogP contribution in [0.3, 0.4) is 0 Å². The summed E-state index contributed by atoms with van der Waals surface area (Å²) in [6.45, 7) is 0. The standard InChI is InChI=1S/C21H40O4.2Na.2H/c22-20(23)18-16-14-12-10-8-6-4-2-1-3-5-7-9-11-13-15-17-19-21(24)25;;;;/h1-19H2,(H,22,23)(H,24,25);;;;/q;2*+1;2*-1. The third-order valence-corrected chi connectivity index (χ3v) is 4.78. The van der Waals surface area contributed by atoms with E-state index in [0.717, 1.165) is 25.7 Å². The number of aliphatic carboxylic acids is 2. The molecule has 0 spiro atoms. The van der Waals surface area contributed by atoms with Crippen molar-refractivity contribution in [2.75, 3.05) is 0 Å². The minimum absolute atomic E-state index is 0. The summed E-state index contributed by atoms with van der Waals surface area (Å²) in [6, 6.07) is 0. The van der Waals surface area contributed by atoms with E-state index in [-0.39, 0.29) is 62.0 Å². The smallest absolute Gasteiger partial charge is 1.00 e. The van der Waals surface area contributed by atoms with Crippen molar-refractivity contribution in [3.8, 4) is 0 Å². The Morgan fingerprint density at radius 1 is 0.407 bits per heavy atom. The zero-order valence-electron chi connectivity index (χ0n) is 20.1. The summed E-state index contributed by atoms with van der Waals surface area (Å²) in [5.41, 5.74) is 0. The van der Waals surface area contributed by atoms with Gasteiger partial charge in [-0.3, -0.25) is 9.59 Å². The van der Waals surface area contributed by atoms with Gasteiger partial charge in [-0.05, 0) is 12.8 Å². The molecule has 4 nitrogen and oxygen atoms in total. The van der Waals surface area contributed by atoms with Crippen molar-refractivity contribution in [3.63, 3.8) is 0 Å². The van der Waals surface area contributed by atoms with Crippen molar-refractivity contribution in [1.29, 1.82) is 0 Å². The van der Waals surface area contributed by atoms with Gasteiger partial charge in [0.15, 0.2) is 0 Å². The van der Waals surface area contributed by atoms with Gasteiger partial charge in [-0.25, -0.2) is 0 Å². The molecule has 0 heterocycles. The second-order valence-corrected chi connectivity index (χ2v) is 7.30. The van der Waals surface area contributed by atoms with Crippen LogP contribution >= 0.6 is 0 Å². The quantitative estimate of drug-likeness (QED) is 0.233. The maximum atomic E-state index is 10.4. The van der Waals surface area contributed by atoms with Gasteiger partial charge < -0.3 is 13.1 Å². The minimum atomic E-state index is -0.671. The first-order valence-corrected chi connectivity index (χ1v) is 10.6. The Balaban J connectivity index is -0.000000480. The van der Waals surface area contributed by atoms with Crippen molar-refractivity contribution in [2.24, 2.45) is 0 Å². The Kier molecular flexibility index (Phi) is 32.5. The molecular weight excluding hydrogens is 362 g/mol. The van der Waals surface area contributed by atoms with Gasteiger partial charge in [0, 0.05) is 12.8 Å². The first-order chi connectivity index (χ1) is 12.1. The first-order valence-electron chi connectivity index (χ1n) is 10.6. The van der Waals surface area contributed by atoms with Crippen LogP contribution in [-0.4, -0.2) is 22.2 Å². The van der Waals surface area contributed by atoms with Crippen LogP contribution in [0.4, 0.5) is 0 Å². The molecule has 27 heavy (non-hydrogen) atoms. The normalized spacial score (nSPS) is 10.1. The van der Waals surface area contributed by atoms with Crippen LogP contribution in [0.5, 0.6) is 0 Å². The van der Waals surface area contributed by atoms with Gasteiger partial charge in [0.25, 0.3) is 0 Å². The SMILES string of the molecule is O=C(O)CCCCCCCCCCCCCCCCCCCC(=O)O.[H-].[H-].[Na+].[Na+]. The molecular formula is C21H42Na2O4. The summed E-state index contributed by atoms with van der Waals surface area (Å²) in [6.07, 6.45) is 21.3. The summed E-state index contributed by atoms with van der Waals surface area (Å²) < 4.78 is 0. The Bertz CT molecular complexity index is 306. The van der Waals surface area contributed by atoms with E-state index < -0.39 is 11.9 Å². The summed E-state index contributed by atoms with van der Waals surface area (Å²) in [4.78, 5) is 20.7. The molecule has 0 fully saturated rings. The zero-order valence-corrected chi connectivity index (χ0v) is 22.1. The van der Waals surface area contributed by atoms with Gasteiger partial charge in [0.05, 0.1) is 0 Å². The zero-order chi connectivity index (χ0) is 18.6. The van der Waals surface area contributed by atoms with Gasteiger partial charge in [-0.2, -0.15) is 0 Å². The van der Waals surface area contributed by atoms with E-state index in [1.54, 1.807) is 0 Å². The van der Waals surface area contributed by atoms with Crippen LogP contribution in [0, 0.1) is 0 Å². The molecule has 0 aromatic rings. The van der Waals surface area contributed by atoms with E-state index in [4.69, 9.17) is 10.2 Å². The number of hydrogen-bond acceptors (Lipinski definition) is 2. The number of carboxylic acid groups (broad SMARTS) is 2. The molecule has 0 bridgehead atoms. The predicted octanol–water partition coefficient (Wildman–Crippen LogP) is 0.801. The topological polar surface area (TPSA) is 74.6 Å². The Morgan fingerprint density at radius 3 is 0.704 bits per heavy atom. The van der Waals surface area contributed by atoms with E-state index in [9.17, 15) is 9.59 Å². The maximum Gasteiger partial charge on any atom is 1.00 e. The van der Waals surface area contributed by atoms with Crippen molar-refractivity contribution < 1.29 is 81.8 Å². The van der Waals surface area contributed by atoms with Crippen LogP contribution in [0.15, 0.2) is 0 Å². The molecule has 0 aliphatic carbocycles. The minimum Gasteiger partial charge on any atom is -1.00 e. The second kappa shape index (κ2) is 26.9. The molecule has 6 heteroatoms. The fraction of sp³-hybridized carbons (Fsp3) is 0.905. The molecule has 0 aliphatic rings. The number of rotatable bonds is 20. The third kappa shape index (κ3) is 31.8. The second-order valence-electron chi connectivity index (χ2n) is 7.30. The monoisotopic (exact) mass is 404 g/mol. The molecule has 0 radical (unpaired) electrons. The first kappa shape index (κ1) is 32.6. The molecule has 0 saturated heterocycles. The van der Waals surface area contributed by atoms with Crippen LogP contribution in [0.25, 0.3) is 0 Å². The molecule has 2 N–H and O–H groups in total. The van der Waals surface area contributed by atoms with Crippen molar-refractivity contribution in [3.05, 3.63) is 0 Å². The number of hydrogen-bond donors (Lipinski definition) is 2. The molecule has 0 saturated carbocycles. The van der Waals surface area contributed by atoms with Crippen LogP contribution in [-0.2, 0) is 9.59 Å². The molecule has 0 rings (SSSR count). The largest absolute Gasteiger partial charge is 1.00 e.